The minimum Gasteiger partial charge on any atom is -0.478 e. The van der Waals surface area contributed by atoms with Gasteiger partial charge in [-0.25, -0.2) is 4.79 Å². The van der Waals surface area contributed by atoms with Crippen molar-refractivity contribution in [3.05, 3.63) is 52.1 Å². The van der Waals surface area contributed by atoms with Gasteiger partial charge in [-0.2, -0.15) is 0 Å². The molecule has 0 spiro atoms. The molecule has 90 valence electrons. The molecule has 1 aromatic carbocycles. The SMILES string of the molecule is CC(/C=C/c1c(C)cc(C)cc1C)=C\C(=O)O. The molecule has 0 atom stereocenters. The molecule has 0 radical (unpaired) electrons. The molecule has 0 aliphatic carbocycles. The van der Waals surface area contributed by atoms with Gasteiger partial charge in [-0.05, 0) is 50.0 Å². The summed E-state index contributed by atoms with van der Waals surface area (Å²) in [5.41, 5.74) is 5.56. The molecule has 0 aliphatic heterocycles. The number of allylic oxidation sites excluding steroid dienone is 2. The topological polar surface area (TPSA) is 37.3 Å². The molecule has 0 fully saturated rings. The van der Waals surface area contributed by atoms with Gasteiger partial charge in [0.1, 0.15) is 0 Å². The van der Waals surface area contributed by atoms with Gasteiger partial charge in [-0.15, -0.1) is 0 Å². The van der Waals surface area contributed by atoms with Crippen LogP contribution in [0.5, 0.6) is 0 Å². The van der Waals surface area contributed by atoms with Crippen molar-refractivity contribution < 1.29 is 9.90 Å². The van der Waals surface area contributed by atoms with Crippen molar-refractivity contribution in [1.29, 1.82) is 0 Å². The van der Waals surface area contributed by atoms with Crippen molar-refractivity contribution in [3.63, 3.8) is 0 Å². The molecule has 2 nitrogen and oxygen atoms in total. The molecule has 17 heavy (non-hydrogen) atoms. The lowest BCUT2D eigenvalue weighted by atomic mass is 9.99. The summed E-state index contributed by atoms with van der Waals surface area (Å²) in [6.45, 7) is 7.98. The second-order valence-electron chi connectivity index (χ2n) is 4.37. The molecule has 0 saturated heterocycles. The van der Waals surface area contributed by atoms with E-state index in [1.165, 1.54) is 22.8 Å². The summed E-state index contributed by atoms with van der Waals surface area (Å²) in [5.74, 6) is -0.912. The van der Waals surface area contributed by atoms with E-state index in [1.54, 1.807) is 6.92 Å². The Morgan fingerprint density at radius 1 is 1.18 bits per heavy atom. The lowest BCUT2D eigenvalue weighted by Crippen LogP contribution is -1.90. The fraction of sp³-hybridized carbons (Fsp3) is 0.267. The average molecular weight is 230 g/mol. The number of carbonyl (C=O) groups is 1. The van der Waals surface area contributed by atoms with Gasteiger partial charge in [0.15, 0.2) is 0 Å². The van der Waals surface area contributed by atoms with Crippen LogP contribution in [-0.4, -0.2) is 11.1 Å². The third-order valence-corrected chi connectivity index (χ3v) is 2.60. The van der Waals surface area contributed by atoms with Gasteiger partial charge in [0.2, 0.25) is 0 Å². The minimum absolute atomic E-state index is 0.733. The van der Waals surface area contributed by atoms with E-state index in [9.17, 15) is 4.79 Å². The molecule has 1 aromatic rings. The van der Waals surface area contributed by atoms with Crippen LogP contribution in [-0.2, 0) is 4.79 Å². The maximum Gasteiger partial charge on any atom is 0.328 e. The lowest BCUT2D eigenvalue weighted by Gasteiger charge is -2.07. The summed E-state index contributed by atoms with van der Waals surface area (Å²) >= 11 is 0. The number of hydrogen-bond donors (Lipinski definition) is 1. The predicted molar refractivity (Wildman–Crippen MR) is 71.1 cm³/mol. The van der Waals surface area contributed by atoms with Gasteiger partial charge >= 0.3 is 5.97 Å². The van der Waals surface area contributed by atoms with Crippen LogP contribution in [0.4, 0.5) is 0 Å². The number of rotatable bonds is 3. The summed E-state index contributed by atoms with van der Waals surface area (Å²) in [5, 5.41) is 8.62. The predicted octanol–water partition coefficient (Wildman–Crippen LogP) is 3.66. The maximum atomic E-state index is 10.5. The van der Waals surface area contributed by atoms with E-state index in [4.69, 9.17) is 5.11 Å². The lowest BCUT2D eigenvalue weighted by molar-refractivity contribution is -0.131. The van der Waals surface area contributed by atoms with Gasteiger partial charge < -0.3 is 5.11 Å². The highest BCUT2D eigenvalue weighted by atomic mass is 16.4. The summed E-state index contributed by atoms with van der Waals surface area (Å²) in [7, 11) is 0. The van der Waals surface area contributed by atoms with Crippen LogP contribution in [0.1, 0.15) is 29.2 Å². The molecule has 1 N–H and O–H groups in total. The molecule has 0 amide bonds. The monoisotopic (exact) mass is 230 g/mol. The Morgan fingerprint density at radius 3 is 2.18 bits per heavy atom. The standard InChI is InChI=1S/C15H18O2/c1-10(9-15(16)17)5-6-14-12(3)7-11(2)8-13(14)4/h5-9H,1-4H3,(H,16,17)/b6-5+,10-9+. The Kier molecular flexibility index (Phi) is 4.27. The second kappa shape index (κ2) is 5.48. The van der Waals surface area contributed by atoms with E-state index >= 15 is 0 Å². The third-order valence-electron chi connectivity index (χ3n) is 2.60. The van der Waals surface area contributed by atoms with E-state index in [0.717, 1.165) is 11.1 Å². The van der Waals surface area contributed by atoms with Gasteiger partial charge in [-0.1, -0.05) is 29.8 Å². The van der Waals surface area contributed by atoms with Crippen molar-refractivity contribution in [1.82, 2.24) is 0 Å². The molecular formula is C15H18O2. The van der Waals surface area contributed by atoms with Crippen LogP contribution in [0.3, 0.4) is 0 Å². The van der Waals surface area contributed by atoms with Crippen molar-refractivity contribution in [2.75, 3.05) is 0 Å². The number of carboxylic acid groups (broad SMARTS) is 1. The van der Waals surface area contributed by atoms with E-state index < -0.39 is 5.97 Å². The summed E-state index contributed by atoms with van der Waals surface area (Å²) in [4.78, 5) is 10.5. The Hall–Kier alpha value is -1.83. The first kappa shape index (κ1) is 13.2. The molecule has 0 aromatic heterocycles. The zero-order valence-corrected chi connectivity index (χ0v) is 10.7. The highest BCUT2D eigenvalue weighted by molar-refractivity contribution is 5.81. The van der Waals surface area contributed by atoms with Crippen LogP contribution in [0.15, 0.2) is 29.9 Å². The van der Waals surface area contributed by atoms with Crippen molar-refractivity contribution >= 4 is 12.0 Å². The highest BCUT2D eigenvalue weighted by Gasteiger charge is 2.00. The van der Waals surface area contributed by atoms with Crippen LogP contribution in [0.25, 0.3) is 6.08 Å². The fourth-order valence-corrected chi connectivity index (χ4v) is 1.91. The van der Waals surface area contributed by atoms with Crippen LogP contribution in [0, 0.1) is 20.8 Å². The number of carboxylic acids is 1. The van der Waals surface area contributed by atoms with Gasteiger partial charge in [-0.3, -0.25) is 0 Å². The zero-order valence-electron chi connectivity index (χ0n) is 10.7. The normalized spacial score (nSPS) is 12.1. The van der Waals surface area contributed by atoms with E-state index in [2.05, 4.69) is 32.9 Å². The van der Waals surface area contributed by atoms with Crippen LogP contribution < -0.4 is 0 Å². The summed E-state index contributed by atoms with van der Waals surface area (Å²) in [6.07, 6.45) is 5.01. The third kappa shape index (κ3) is 3.91. The first-order chi connectivity index (χ1) is 7.90. The molecule has 2 heteroatoms. The van der Waals surface area contributed by atoms with Crippen LogP contribution in [0.2, 0.25) is 0 Å². The molecule has 0 saturated carbocycles. The van der Waals surface area contributed by atoms with Crippen molar-refractivity contribution in [2.24, 2.45) is 0 Å². The average Bonchev–Trinajstić information content (AvgIpc) is 2.14. The Balaban J connectivity index is 3.04. The van der Waals surface area contributed by atoms with E-state index in [1.807, 2.05) is 12.2 Å². The Morgan fingerprint density at radius 2 is 1.71 bits per heavy atom. The molecule has 0 aliphatic rings. The molecule has 0 bridgehead atoms. The number of hydrogen-bond acceptors (Lipinski definition) is 1. The fourth-order valence-electron chi connectivity index (χ4n) is 1.91. The zero-order chi connectivity index (χ0) is 13.0. The Labute approximate surface area is 102 Å². The molecule has 1 rings (SSSR count). The summed E-state index contributed by atoms with van der Waals surface area (Å²) in [6, 6.07) is 4.26. The maximum absolute atomic E-state index is 10.5. The second-order valence-corrected chi connectivity index (χ2v) is 4.37. The number of aliphatic carboxylic acids is 1. The van der Waals surface area contributed by atoms with Crippen molar-refractivity contribution in [2.45, 2.75) is 27.7 Å². The highest BCUT2D eigenvalue weighted by Crippen LogP contribution is 2.18. The van der Waals surface area contributed by atoms with Crippen molar-refractivity contribution in [3.8, 4) is 0 Å². The van der Waals surface area contributed by atoms with E-state index in [-0.39, 0.29) is 0 Å². The quantitative estimate of drug-likeness (QED) is 0.635. The number of benzene rings is 1. The first-order valence-corrected chi connectivity index (χ1v) is 5.57. The van der Waals surface area contributed by atoms with E-state index in [0.29, 0.717) is 0 Å². The minimum atomic E-state index is -0.912. The van der Waals surface area contributed by atoms with Crippen LogP contribution >= 0.6 is 0 Å². The van der Waals surface area contributed by atoms with Gasteiger partial charge in [0.05, 0.1) is 0 Å². The smallest absolute Gasteiger partial charge is 0.328 e. The number of aryl methyl sites for hydroxylation is 3. The molecule has 0 unspecified atom stereocenters. The molecular weight excluding hydrogens is 212 g/mol. The summed E-state index contributed by atoms with van der Waals surface area (Å²) < 4.78 is 0. The van der Waals surface area contributed by atoms with Gasteiger partial charge in [0, 0.05) is 6.08 Å². The largest absolute Gasteiger partial charge is 0.478 e. The van der Waals surface area contributed by atoms with Gasteiger partial charge in [0.25, 0.3) is 0 Å². The Bertz CT molecular complexity index is 471. The first-order valence-electron chi connectivity index (χ1n) is 5.57. The molecule has 0 heterocycles.